The molecule has 0 unspecified atom stereocenters. The van der Waals surface area contributed by atoms with Gasteiger partial charge >= 0.3 is 11.9 Å². The summed E-state index contributed by atoms with van der Waals surface area (Å²) < 4.78 is 10.9. The van der Waals surface area contributed by atoms with Crippen LogP contribution in [-0.4, -0.2) is 29.7 Å². The van der Waals surface area contributed by atoms with Crippen LogP contribution < -0.4 is 5.73 Å². The summed E-state index contributed by atoms with van der Waals surface area (Å²) in [7, 11) is 1.66. The quantitative estimate of drug-likeness (QED) is 0.748. The molecule has 0 amide bonds. The number of carbonyl (C=O) groups is 2. The van der Waals surface area contributed by atoms with E-state index in [1.54, 1.807) is 20.2 Å². The standard InChI is InChI=1S/C10H14N2O4/c1-3-15-9(13)6-16-10(14)8-4-7(11)5-12(8)2/h4-5H,3,6,11H2,1-2H3. The molecular formula is C10H14N2O4. The van der Waals surface area contributed by atoms with E-state index in [9.17, 15) is 9.59 Å². The number of nitrogens with two attached hydrogens (primary N) is 1. The minimum atomic E-state index is -0.604. The lowest BCUT2D eigenvalue weighted by molar-refractivity contribution is -0.146. The van der Waals surface area contributed by atoms with Gasteiger partial charge in [0.25, 0.3) is 0 Å². The Bertz CT molecular complexity index is 398. The summed E-state index contributed by atoms with van der Waals surface area (Å²) in [5.41, 5.74) is 6.26. The fourth-order valence-corrected chi connectivity index (χ4v) is 1.19. The summed E-state index contributed by atoms with van der Waals surface area (Å²) in [4.78, 5) is 22.4. The molecule has 0 fully saturated rings. The fraction of sp³-hybridized carbons (Fsp3) is 0.400. The van der Waals surface area contributed by atoms with Crippen LogP contribution in [0.15, 0.2) is 12.3 Å². The second kappa shape index (κ2) is 5.20. The van der Waals surface area contributed by atoms with Gasteiger partial charge in [0.2, 0.25) is 0 Å². The highest BCUT2D eigenvalue weighted by Gasteiger charge is 2.14. The van der Waals surface area contributed by atoms with Gasteiger partial charge in [0.15, 0.2) is 6.61 Å². The number of aromatic nitrogens is 1. The van der Waals surface area contributed by atoms with Crippen LogP contribution in [-0.2, 0) is 21.3 Å². The predicted octanol–water partition coefficient (Wildman–Crippen LogP) is 0.327. The molecule has 6 nitrogen and oxygen atoms in total. The molecule has 1 aromatic rings. The lowest BCUT2D eigenvalue weighted by Gasteiger charge is -2.04. The highest BCUT2D eigenvalue weighted by atomic mass is 16.6. The molecule has 2 N–H and O–H groups in total. The molecule has 0 radical (unpaired) electrons. The second-order valence-electron chi connectivity index (χ2n) is 3.15. The van der Waals surface area contributed by atoms with Gasteiger partial charge in [0.05, 0.1) is 12.3 Å². The number of anilines is 1. The van der Waals surface area contributed by atoms with Crippen molar-refractivity contribution < 1.29 is 19.1 Å². The minimum absolute atomic E-state index is 0.257. The molecule has 1 rings (SSSR count). The van der Waals surface area contributed by atoms with E-state index in [4.69, 9.17) is 10.5 Å². The largest absolute Gasteiger partial charge is 0.463 e. The third-order valence-electron chi connectivity index (χ3n) is 1.86. The number of aryl methyl sites for hydroxylation is 1. The number of rotatable bonds is 4. The molecule has 0 spiro atoms. The zero-order valence-electron chi connectivity index (χ0n) is 9.23. The normalized spacial score (nSPS) is 9.88. The molecular weight excluding hydrogens is 212 g/mol. The van der Waals surface area contributed by atoms with E-state index in [1.807, 2.05) is 0 Å². The number of carbonyl (C=O) groups excluding carboxylic acids is 2. The smallest absolute Gasteiger partial charge is 0.355 e. The molecule has 0 aliphatic carbocycles. The summed E-state index contributed by atoms with van der Waals surface area (Å²) in [5.74, 6) is -1.18. The minimum Gasteiger partial charge on any atom is -0.463 e. The van der Waals surface area contributed by atoms with Crippen molar-refractivity contribution in [2.75, 3.05) is 18.9 Å². The molecule has 1 heterocycles. The topological polar surface area (TPSA) is 83.6 Å². The number of esters is 2. The summed E-state index contributed by atoms with van der Waals surface area (Å²) >= 11 is 0. The summed E-state index contributed by atoms with van der Waals surface area (Å²) in [6, 6.07) is 1.48. The Balaban J connectivity index is 2.53. The van der Waals surface area contributed by atoms with Gasteiger partial charge in [-0.05, 0) is 13.0 Å². The van der Waals surface area contributed by atoms with Crippen molar-refractivity contribution in [2.24, 2.45) is 7.05 Å². The Morgan fingerprint density at radius 1 is 1.44 bits per heavy atom. The van der Waals surface area contributed by atoms with Crippen LogP contribution in [0.2, 0.25) is 0 Å². The number of nitrogens with zero attached hydrogens (tertiary/aromatic N) is 1. The van der Waals surface area contributed by atoms with Gasteiger partial charge in [-0.25, -0.2) is 9.59 Å². The average molecular weight is 226 g/mol. The first-order valence-electron chi connectivity index (χ1n) is 4.79. The molecule has 16 heavy (non-hydrogen) atoms. The van der Waals surface area contributed by atoms with Gasteiger partial charge in [0, 0.05) is 13.2 Å². The van der Waals surface area contributed by atoms with E-state index in [0.29, 0.717) is 11.4 Å². The van der Waals surface area contributed by atoms with E-state index in [0.717, 1.165) is 0 Å². The van der Waals surface area contributed by atoms with Gasteiger partial charge in [-0.1, -0.05) is 0 Å². The van der Waals surface area contributed by atoms with Crippen LogP contribution in [0, 0.1) is 0 Å². The van der Waals surface area contributed by atoms with Gasteiger partial charge in [-0.15, -0.1) is 0 Å². The SMILES string of the molecule is CCOC(=O)COC(=O)c1cc(N)cn1C. The summed E-state index contributed by atoms with van der Waals surface area (Å²) in [6.07, 6.45) is 1.58. The van der Waals surface area contributed by atoms with Crippen LogP contribution in [0.5, 0.6) is 0 Å². The first-order valence-corrected chi connectivity index (χ1v) is 4.79. The molecule has 6 heteroatoms. The molecule has 0 aliphatic heterocycles. The van der Waals surface area contributed by atoms with Crippen LogP contribution in [0.1, 0.15) is 17.4 Å². The van der Waals surface area contributed by atoms with Crippen LogP contribution >= 0.6 is 0 Å². The van der Waals surface area contributed by atoms with E-state index in [1.165, 1.54) is 10.6 Å². The van der Waals surface area contributed by atoms with Crippen LogP contribution in [0.4, 0.5) is 5.69 Å². The Hall–Kier alpha value is -1.98. The lowest BCUT2D eigenvalue weighted by atomic mass is 10.4. The molecule has 88 valence electrons. The monoisotopic (exact) mass is 226 g/mol. The summed E-state index contributed by atoms with van der Waals surface area (Å²) in [5, 5.41) is 0. The maximum absolute atomic E-state index is 11.5. The summed E-state index contributed by atoms with van der Waals surface area (Å²) in [6.45, 7) is 1.54. The van der Waals surface area contributed by atoms with Crippen molar-refractivity contribution in [1.29, 1.82) is 0 Å². The Morgan fingerprint density at radius 3 is 2.62 bits per heavy atom. The van der Waals surface area contributed by atoms with Crippen molar-refractivity contribution in [1.82, 2.24) is 4.57 Å². The molecule has 0 atom stereocenters. The molecule has 0 saturated heterocycles. The number of hydrogen-bond donors (Lipinski definition) is 1. The van der Waals surface area contributed by atoms with E-state index >= 15 is 0 Å². The molecule has 0 aromatic carbocycles. The lowest BCUT2D eigenvalue weighted by Crippen LogP contribution is -2.17. The van der Waals surface area contributed by atoms with Gasteiger partial charge in [-0.3, -0.25) is 0 Å². The number of ether oxygens (including phenoxy) is 2. The van der Waals surface area contributed by atoms with Crippen LogP contribution in [0.3, 0.4) is 0 Å². The van der Waals surface area contributed by atoms with Gasteiger partial charge in [0.1, 0.15) is 5.69 Å². The highest BCUT2D eigenvalue weighted by Crippen LogP contribution is 2.09. The first kappa shape index (κ1) is 12.1. The van der Waals surface area contributed by atoms with Crippen molar-refractivity contribution >= 4 is 17.6 Å². The zero-order chi connectivity index (χ0) is 12.1. The zero-order valence-corrected chi connectivity index (χ0v) is 9.23. The molecule has 0 bridgehead atoms. The third-order valence-corrected chi connectivity index (χ3v) is 1.86. The highest BCUT2D eigenvalue weighted by molar-refractivity contribution is 5.90. The van der Waals surface area contributed by atoms with E-state index < -0.39 is 18.5 Å². The van der Waals surface area contributed by atoms with Gasteiger partial charge in [-0.2, -0.15) is 0 Å². The number of nitrogen functional groups attached to an aromatic ring is 1. The van der Waals surface area contributed by atoms with Crippen molar-refractivity contribution in [3.05, 3.63) is 18.0 Å². The van der Waals surface area contributed by atoms with E-state index in [2.05, 4.69) is 4.74 Å². The molecule has 1 aromatic heterocycles. The van der Waals surface area contributed by atoms with Crippen molar-refractivity contribution in [2.45, 2.75) is 6.92 Å². The third kappa shape index (κ3) is 3.01. The van der Waals surface area contributed by atoms with Crippen LogP contribution in [0.25, 0.3) is 0 Å². The first-order chi connectivity index (χ1) is 7.54. The Labute approximate surface area is 92.9 Å². The predicted molar refractivity (Wildman–Crippen MR) is 56.7 cm³/mol. The Morgan fingerprint density at radius 2 is 2.12 bits per heavy atom. The van der Waals surface area contributed by atoms with E-state index in [-0.39, 0.29) is 6.61 Å². The van der Waals surface area contributed by atoms with Crippen molar-refractivity contribution in [3.8, 4) is 0 Å². The Kier molecular flexibility index (Phi) is 3.93. The molecule has 0 aliphatic rings. The maximum atomic E-state index is 11.5. The maximum Gasteiger partial charge on any atom is 0.355 e. The van der Waals surface area contributed by atoms with Gasteiger partial charge < -0.3 is 19.8 Å². The number of hydrogen-bond acceptors (Lipinski definition) is 5. The second-order valence-corrected chi connectivity index (χ2v) is 3.15. The molecule has 0 saturated carbocycles. The van der Waals surface area contributed by atoms with Crippen molar-refractivity contribution in [3.63, 3.8) is 0 Å². The fourth-order valence-electron chi connectivity index (χ4n) is 1.19. The average Bonchev–Trinajstić information content (AvgIpc) is 2.55.